The molecule has 2 rings (SSSR count). The molecular weight excluding hydrogens is 264 g/mol. The number of hydrogen-bond acceptors (Lipinski definition) is 2. The Bertz CT molecular complexity index is 648. The number of amides is 2. The van der Waals surface area contributed by atoms with Crippen molar-refractivity contribution in [2.75, 3.05) is 0 Å². The fourth-order valence-corrected chi connectivity index (χ4v) is 1.97. The predicted molar refractivity (Wildman–Crippen MR) is 81.9 cm³/mol. The smallest absolute Gasteiger partial charge is 0.267 e. The molecule has 0 saturated carbocycles. The van der Waals surface area contributed by atoms with Gasteiger partial charge in [0, 0.05) is 11.1 Å². The van der Waals surface area contributed by atoms with E-state index < -0.39 is 0 Å². The van der Waals surface area contributed by atoms with Gasteiger partial charge in [-0.1, -0.05) is 37.3 Å². The van der Waals surface area contributed by atoms with Crippen molar-refractivity contribution in [3.05, 3.63) is 70.8 Å². The van der Waals surface area contributed by atoms with E-state index in [2.05, 4.69) is 17.8 Å². The Balaban J connectivity index is 1.97. The third-order valence-corrected chi connectivity index (χ3v) is 3.30. The van der Waals surface area contributed by atoms with Crippen molar-refractivity contribution in [3.63, 3.8) is 0 Å². The summed E-state index contributed by atoms with van der Waals surface area (Å²) in [4.78, 5) is 23.9. The fourth-order valence-electron chi connectivity index (χ4n) is 1.97. The van der Waals surface area contributed by atoms with Gasteiger partial charge in [-0.15, -0.1) is 0 Å². The molecule has 2 aromatic rings. The number of nitrogens with one attached hydrogen (secondary N) is 2. The Morgan fingerprint density at radius 2 is 1.52 bits per heavy atom. The minimum absolute atomic E-state index is 0.327. The molecule has 0 saturated heterocycles. The van der Waals surface area contributed by atoms with Crippen molar-refractivity contribution < 1.29 is 9.59 Å². The monoisotopic (exact) mass is 282 g/mol. The van der Waals surface area contributed by atoms with E-state index in [4.69, 9.17) is 0 Å². The molecule has 4 heteroatoms. The lowest BCUT2D eigenvalue weighted by Crippen LogP contribution is -2.41. The van der Waals surface area contributed by atoms with Gasteiger partial charge in [0.05, 0.1) is 0 Å². The quantitative estimate of drug-likeness (QED) is 0.850. The SMILES string of the molecule is CCc1ccc(C(=O)NNC(=O)c2ccccc2C)cc1. The van der Waals surface area contributed by atoms with Crippen LogP contribution in [0, 0.1) is 6.92 Å². The second kappa shape index (κ2) is 6.70. The van der Waals surface area contributed by atoms with Gasteiger partial charge in [0.15, 0.2) is 0 Å². The largest absolute Gasteiger partial charge is 0.269 e. The van der Waals surface area contributed by atoms with Crippen LogP contribution in [0.3, 0.4) is 0 Å². The minimum Gasteiger partial charge on any atom is -0.267 e. The standard InChI is InChI=1S/C17H18N2O2/c1-3-13-8-10-14(11-9-13)16(20)18-19-17(21)15-7-5-4-6-12(15)2/h4-11H,3H2,1-2H3,(H,18,20)(H,19,21). The molecule has 0 aliphatic heterocycles. The van der Waals surface area contributed by atoms with Crippen LogP contribution < -0.4 is 10.9 Å². The van der Waals surface area contributed by atoms with Crippen LogP contribution in [0.5, 0.6) is 0 Å². The van der Waals surface area contributed by atoms with Crippen LogP contribution in [0.1, 0.15) is 38.8 Å². The molecule has 0 spiro atoms. The molecule has 0 aliphatic rings. The van der Waals surface area contributed by atoms with Crippen molar-refractivity contribution in [2.45, 2.75) is 20.3 Å². The Labute approximate surface area is 124 Å². The second-order valence-electron chi connectivity index (χ2n) is 4.77. The summed E-state index contributed by atoms with van der Waals surface area (Å²) in [6, 6.07) is 14.5. The zero-order valence-electron chi connectivity index (χ0n) is 12.1. The van der Waals surface area contributed by atoms with Crippen LogP contribution in [0.4, 0.5) is 0 Å². The molecule has 0 atom stereocenters. The number of carbonyl (C=O) groups excluding carboxylic acids is 2. The molecule has 2 N–H and O–H groups in total. The van der Waals surface area contributed by atoms with Crippen LogP contribution in [0.25, 0.3) is 0 Å². The van der Waals surface area contributed by atoms with Gasteiger partial charge in [-0.05, 0) is 42.7 Å². The Morgan fingerprint density at radius 1 is 0.905 bits per heavy atom. The first-order chi connectivity index (χ1) is 10.1. The van der Waals surface area contributed by atoms with Gasteiger partial charge in [-0.2, -0.15) is 0 Å². The van der Waals surface area contributed by atoms with Gasteiger partial charge in [0.1, 0.15) is 0 Å². The van der Waals surface area contributed by atoms with Crippen LogP contribution in [0.2, 0.25) is 0 Å². The highest BCUT2D eigenvalue weighted by molar-refractivity contribution is 5.99. The van der Waals surface area contributed by atoms with E-state index in [0.717, 1.165) is 17.5 Å². The molecule has 0 aliphatic carbocycles. The first kappa shape index (κ1) is 14.8. The Hall–Kier alpha value is -2.62. The van der Waals surface area contributed by atoms with Gasteiger partial charge in [-0.3, -0.25) is 20.4 Å². The zero-order chi connectivity index (χ0) is 15.2. The van der Waals surface area contributed by atoms with Gasteiger partial charge in [-0.25, -0.2) is 0 Å². The molecule has 0 radical (unpaired) electrons. The third-order valence-electron chi connectivity index (χ3n) is 3.30. The van der Waals surface area contributed by atoms with Crippen molar-refractivity contribution in [3.8, 4) is 0 Å². The first-order valence-corrected chi connectivity index (χ1v) is 6.87. The number of rotatable bonds is 3. The third kappa shape index (κ3) is 3.69. The van der Waals surface area contributed by atoms with E-state index in [9.17, 15) is 9.59 Å². The normalized spacial score (nSPS) is 10.0. The summed E-state index contributed by atoms with van der Waals surface area (Å²) < 4.78 is 0. The van der Waals surface area contributed by atoms with Crippen LogP contribution in [-0.2, 0) is 6.42 Å². The molecule has 21 heavy (non-hydrogen) atoms. The molecule has 0 fully saturated rings. The maximum atomic E-state index is 12.0. The number of benzene rings is 2. The highest BCUT2D eigenvalue weighted by atomic mass is 16.2. The van der Waals surface area contributed by atoms with E-state index in [1.165, 1.54) is 0 Å². The molecule has 2 amide bonds. The van der Waals surface area contributed by atoms with Gasteiger partial charge < -0.3 is 0 Å². The molecular formula is C17H18N2O2. The molecule has 0 unspecified atom stereocenters. The van der Waals surface area contributed by atoms with Crippen molar-refractivity contribution >= 4 is 11.8 Å². The number of carbonyl (C=O) groups is 2. The minimum atomic E-state index is -0.334. The average Bonchev–Trinajstić information content (AvgIpc) is 2.52. The topological polar surface area (TPSA) is 58.2 Å². The molecule has 2 aromatic carbocycles. The Kier molecular flexibility index (Phi) is 4.72. The molecule has 0 heterocycles. The van der Waals surface area contributed by atoms with Crippen molar-refractivity contribution in [1.29, 1.82) is 0 Å². The zero-order valence-corrected chi connectivity index (χ0v) is 12.1. The van der Waals surface area contributed by atoms with Gasteiger partial charge in [0.25, 0.3) is 11.8 Å². The number of hydrogen-bond donors (Lipinski definition) is 2. The summed E-state index contributed by atoms with van der Waals surface area (Å²) in [6.45, 7) is 3.90. The van der Waals surface area contributed by atoms with Crippen molar-refractivity contribution in [2.24, 2.45) is 0 Å². The molecule has 0 bridgehead atoms. The number of aryl methyl sites for hydroxylation is 2. The van der Waals surface area contributed by atoms with Crippen LogP contribution in [-0.4, -0.2) is 11.8 Å². The van der Waals surface area contributed by atoms with E-state index >= 15 is 0 Å². The summed E-state index contributed by atoms with van der Waals surface area (Å²) in [5.41, 5.74) is 7.92. The van der Waals surface area contributed by atoms with Gasteiger partial charge in [0.2, 0.25) is 0 Å². The summed E-state index contributed by atoms with van der Waals surface area (Å²) in [6.07, 6.45) is 0.923. The lowest BCUT2D eigenvalue weighted by molar-refractivity contribution is 0.0846. The van der Waals surface area contributed by atoms with Crippen molar-refractivity contribution in [1.82, 2.24) is 10.9 Å². The first-order valence-electron chi connectivity index (χ1n) is 6.87. The van der Waals surface area contributed by atoms with E-state index in [0.29, 0.717) is 11.1 Å². The summed E-state index contributed by atoms with van der Waals surface area (Å²) in [5, 5.41) is 0. The maximum absolute atomic E-state index is 12.0. The van der Waals surface area contributed by atoms with Crippen LogP contribution in [0.15, 0.2) is 48.5 Å². The fraction of sp³-hybridized carbons (Fsp3) is 0.176. The lowest BCUT2D eigenvalue weighted by Gasteiger charge is -2.09. The number of hydrazine groups is 1. The van der Waals surface area contributed by atoms with E-state index in [1.54, 1.807) is 24.3 Å². The van der Waals surface area contributed by atoms with Crippen LogP contribution >= 0.6 is 0 Å². The second-order valence-corrected chi connectivity index (χ2v) is 4.77. The van der Waals surface area contributed by atoms with E-state index in [-0.39, 0.29) is 11.8 Å². The lowest BCUT2D eigenvalue weighted by atomic mass is 10.1. The highest BCUT2D eigenvalue weighted by Crippen LogP contribution is 2.07. The summed E-state index contributed by atoms with van der Waals surface area (Å²) in [7, 11) is 0. The maximum Gasteiger partial charge on any atom is 0.269 e. The molecule has 4 nitrogen and oxygen atoms in total. The highest BCUT2D eigenvalue weighted by Gasteiger charge is 2.10. The molecule has 0 aromatic heterocycles. The Morgan fingerprint density at radius 3 is 2.14 bits per heavy atom. The summed E-state index contributed by atoms with van der Waals surface area (Å²) >= 11 is 0. The van der Waals surface area contributed by atoms with E-state index in [1.807, 2.05) is 31.2 Å². The summed E-state index contributed by atoms with van der Waals surface area (Å²) in [5.74, 6) is -0.661. The van der Waals surface area contributed by atoms with Gasteiger partial charge >= 0.3 is 0 Å². The average molecular weight is 282 g/mol. The predicted octanol–water partition coefficient (Wildman–Crippen LogP) is 2.63. The molecule has 108 valence electrons.